The Kier molecular flexibility index (Phi) is 2.44. The minimum absolute atomic E-state index is 0.0625. The van der Waals surface area contributed by atoms with E-state index >= 15 is 0 Å². The summed E-state index contributed by atoms with van der Waals surface area (Å²) in [5.74, 6) is -1.77. The number of H-pyrrole nitrogens is 1. The van der Waals surface area contributed by atoms with Crippen LogP contribution in [0.25, 0.3) is 10.9 Å². The van der Waals surface area contributed by atoms with Gasteiger partial charge in [-0.3, -0.25) is 0 Å². The fourth-order valence-electron chi connectivity index (χ4n) is 1.69. The number of aliphatic hydroxyl groups is 1. The zero-order valence-corrected chi connectivity index (χ0v) is 8.22. The van der Waals surface area contributed by atoms with Gasteiger partial charge < -0.3 is 10.1 Å². The van der Waals surface area contributed by atoms with Crippen LogP contribution in [0.2, 0.25) is 0 Å². The van der Waals surface area contributed by atoms with E-state index in [-0.39, 0.29) is 17.7 Å². The molecule has 0 amide bonds. The summed E-state index contributed by atoms with van der Waals surface area (Å²) in [6.07, 6.45) is 1.56. The molecule has 0 aliphatic rings. The van der Waals surface area contributed by atoms with Crippen LogP contribution < -0.4 is 0 Å². The van der Waals surface area contributed by atoms with Gasteiger partial charge in [0, 0.05) is 29.7 Å². The highest BCUT2D eigenvalue weighted by Gasteiger charge is 2.19. The van der Waals surface area contributed by atoms with Gasteiger partial charge in [-0.1, -0.05) is 6.92 Å². The molecule has 1 atom stereocenters. The summed E-state index contributed by atoms with van der Waals surface area (Å²) < 4.78 is 27.3. The number of benzene rings is 1. The van der Waals surface area contributed by atoms with Crippen molar-refractivity contribution in [2.24, 2.45) is 0 Å². The second kappa shape index (κ2) is 3.62. The van der Waals surface area contributed by atoms with Crippen molar-refractivity contribution < 1.29 is 13.9 Å². The molecule has 80 valence electrons. The maximum atomic E-state index is 13.8. The number of nitrogens with one attached hydrogen (secondary N) is 1. The predicted molar refractivity (Wildman–Crippen MR) is 53.7 cm³/mol. The molecule has 0 aliphatic carbocycles. The number of fused-ring (bicyclic) bond motifs is 1. The van der Waals surface area contributed by atoms with E-state index in [1.165, 1.54) is 6.07 Å². The second-order valence-electron chi connectivity index (χ2n) is 3.61. The van der Waals surface area contributed by atoms with E-state index in [2.05, 4.69) is 4.98 Å². The van der Waals surface area contributed by atoms with Crippen molar-refractivity contribution in [1.82, 2.24) is 4.98 Å². The third-order valence-corrected chi connectivity index (χ3v) is 2.54. The van der Waals surface area contributed by atoms with Crippen molar-refractivity contribution in [3.05, 3.63) is 35.5 Å². The number of rotatable bonds is 2. The normalized spacial score (nSPS) is 13.3. The lowest BCUT2D eigenvalue weighted by Crippen LogP contribution is -2.05. The number of aliphatic hydroxyl groups excluding tert-OH is 1. The molecule has 15 heavy (non-hydrogen) atoms. The molecule has 0 saturated heterocycles. The van der Waals surface area contributed by atoms with Crippen LogP contribution in [0.15, 0.2) is 18.3 Å². The first kappa shape index (κ1) is 10.1. The Balaban J connectivity index is 2.72. The van der Waals surface area contributed by atoms with Gasteiger partial charge in [-0.25, -0.2) is 8.78 Å². The Morgan fingerprint density at radius 3 is 2.87 bits per heavy atom. The molecule has 2 nitrogen and oxygen atoms in total. The zero-order valence-electron chi connectivity index (χ0n) is 8.22. The number of aromatic nitrogens is 1. The number of halogens is 2. The average molecular weight is 211 g/mol. The van der Waals surface area contributed by atoms with E-state index in [4.69, 9.17) is 5.11 Å². The van der Waals surface area contributed by atoms with Gasteiger partial charge in [0.1, 0.15) is 5.82 Å². The van der Waals surface area contributed by atoms with Gasteiger partial charge in [0.05, 0.1) is 5.52 Å². The van der Waals surface area contributed by atoms with Crippen LogP contribution in [-0.4, -0.2) is 16.7 Å². The van der Waals surface area contributed by atoms with Gasteiger partial charge in [-0.05, 0) is 12.1 Å². The van der Waals surface area contributed by atoms with Gasteiger partial charge in [0.15, 0.2) is 5.82 Å². The van der Waals surface area contributed by atoms with Gasteiger partial charge >= 0.3 is 0 Å². The standard InChI is InChI=1S/C11H11F2NO/c1-6(5-15)9-8(12)4-7-2-3-14-11(7)10(9)13/h2-4,6,14-15H,5H2,1H3. The minimum atomic E-state index is -0.614. The van der Waals surface area contributed by atoms with Crippen molar-refractivity contribution in [3.8, 4) is 0 Å². The maximum Gasteiger partial charge on any atom is 0.153 e. The zero-order chi connectivity index (χ0) is 11.0. The summed E-state index contributed by atoms with van der Waals surface area (Å²) in [6, 6.07) is 2.88. The van der Waals surface area contributed by atoms with Gasteiger partial charge in [-0.2, -0.15) is 0 Å². The molecule has 1 aromatic heterocycles. The van der Waals surface area contributed by atoms with Gasteiger partial charge in [0.25, 0.3) is 0 Å². The van der Waals surface area contributed by atoms with Crippen LogP contribution in [0.1, 0.15) is 18.4 Å². The van der Waals surface area contributed by atoms with Crippen molar-refractivity contribution >= 4 is 10.9 Å². The van der Waals surface area contributed by atoms with E-state index in [0.29, 0.717) is 5.39 Å². The highest BCUT2D eigenvalue weighted by atomic mass is 19.1. The topological polar surface area (TPSA) is 36.0 Å². The van der Waals surface area contributed by atoms with Crippen LogP contribution in [-0.2, 0) is 0 Å². The summed E-state index contributed by atoms with van der Waals surface area (Å²) in [4.78, 5) is 2.71. The van der Waals surface area contributed by atoms with Crippen LogP contribution in [0.3, 0.4) is 0 Å². The van der Waals surface area contributed by atoms with E-state index in [1.807, 2.05) is 0 Å². The molecule has 2 rings (SSSR count). The smallest absolute Gasteiger partial charge is 0.153 e. The minimum Gasteiger partial charge on any atom is -0.396 e. The molecule has 0 spiro atoms. The highest BCUT2D eigenvalue weighted by Crippen LogP contribution is 2.28. The molecule has 0 aliphatic heterocycles. The lowest BCUT2D eigenvalue weighted by molar-refractivity contribution is 0.267. The molecular weight excluding hydrogens is 200 g/mol. The van der Waals surface area contributed by atoms with E-state index < -0.39 is 17.6 Å². The third-order valence-electron chi connectivity index (χ3n) is 2.54. The first-order valence-electron chi connectivity index (χ1n) is 4.71. The van der Waals surface area contributed by atoms with Gasteiger partial charge in [-0.15, -0.1) is 0 Å². The first-order valence-corrected chi connectivity index (χ1v) is 4.71. The first-order chi connectivity index (χ1) is 7.15. The molecule has 2 N–H and O–H groups in total. The number of hydrogen-bond donors (Lipinski definition) is 2. The molecular formula is C11H11F2NO. The monoisotopic (exact) mass is 211 g/mol. The van der Waals surface area contributed by atoms with Gasteiger partial charge in [0.2, 0.25) is 0 Å². The number of hydrogen-bond acceptors (Lipinski definition) is 1. The van der Waals surface area contributed by atoms with E-state index in [9.17, 15) is 8.78 Å². The molecule has 0 saturated carbocycles. The Labute approximate surface area is 85.5 Å². The lowest BCUT2D eigenvalue weighted by atomic mass is 9.99. The van der Waals surface area contributed by atoms with Crippen LogP contribution in [0.5, 0.6) is 0 Å². The Morgan fingerprint density at radius 2 is 2.20 bits per heavy atom. The van der Waals surface area contributed by atoms with E-state index in [1.54, 1.807) is 19.2 Å². The summed E-state index contributed by atoms with van der Waals surface area (Å²) in [6.45, 7) is 1.30. The molecule has 1 aromatic carbocycles. The molecule has 0 radical (unpaired) electrons. The molecule has 4 heteroatoms. The molecule has 0 fully saturated rings. The summed E-state index contributed by atoms with van der Waals surface area (Å²) in [7, 11) is 0. The summed E-state index contributed by atoms with van der Waals surface area (Å²) in [5.41, 5.74) is 0.221. The Morgan fingerprint density at radius 1 is 1.47 bits per heavy atom. The fraction of sp³-hybridized carbons (Fsp3) is 0.273. The lowest BCUT2D eigenvalue weighted by Gasteiger charge is -2.11. The van der Waals surface area contributed by atoms with Crippen LogP contribution in [0, 0.1) is 11.6 Å². The molecule has 2 aromatic rings. The highest BCUT2D eigenvalue weighted by molar-refractivity contribution is 5.81. The van der Waals surface area contributed by atoms with Crippen LogP contribution in [0.4, 0.5) is 8.78 Å². The van der Waals surface area contributed by atoms with Crippen molar-refractivity contribution in [2.45, 2.75) is 12.8 Å². The molecule has 0 bridgehead atoms. The average Bonchev–Trinajstić information content (AvgIpc) is 2.65. The van der Waals surface area contributed by atoms with Crippen LogP contribution >= 0.6 is 0 Å². The summed E-state index contributed by atoms with van der Waals surface area (Å²) >= 11 is 0. The predicted octanol–water partition coefficient (Wildman–Crippen LogP) is 2.54. The second-order valence-corrected chi connectivity index (χ2v) is 3.61. The quantitative estimate of drug-likeness (QED) is 0.786. The SMILES string of the molecule is CC(CO)c1c(F)cc2cc[nH]c2c1F. The number of aromatic amines is 1. The van der Waals surface area contributed by atoms with E-state index in [0.717, 1.165) is 0 Å². The van der Waals surface area contributed by atoms with Crippen molar-refractivity contribution in [3.63, 3.8) is 0 Å². The Hall–Kier alpha value is -1.42. The maximum absolute atomic E-state index is 13.8. The largest absolute Gasteiger partial charge is 0.396 e. The molecule has 1 heterocycles. The molecule has 1 unspecified atom stereocenters. The van der Waals surface area contributed by atoms with Crippen molar-refractivity contribution in [2.75, 3.05) is 6.61 Å². The Bertz CT molecular complexity index is 493. The summed E-state index contributed by atoms with van der Waals surface area (Å²) in [5, 5.41) is 9.42. The van der Waals surface area contributed by atoms with Crippen molar-refractivity contribution in [1.29, 1.82) is 0 Å². The third kappa shape index (κ3) is 1.51. The fourth-order valence-corrected chi connectivity index (χ4v) is 1.69.